The van der Waals surface area contributed by atoms with Crippen molar-refractivity contribution in [1.82, 2.24) is 0 Å². The van der Waals surface area contributed by atoms with Gasteiger partial charge in [-0.25, -0.2) is 0 Å². The number of hydrogen-bond donors (Lipinski definition) is 1. The van der Waals surface area contributed by atoms with E-state index in [1.807, 2.05) is 0 Å². The summed E-state index contributed by atoms with van der Waals surface area (Å²) in [6, 6.07) is 2.83. The van der Waals surface area contributed by atoms with Crippen LogP contribution >= 0.6 is 0 Å². The first kappa shape index (κ1) is 13.0. The Morgan fingerprint density at radius 2 is 2.24 bits per heavy atom. The first-order valence-corrected chi connectivity index (χ1v) is 5.08. The molecule has 0 atom stereocenters. The normalized spacial score (nSPS) is 9.94. The minimum atomic E-state index is -0.666. The number of nitro groups is 1. The summed E-state index contributed by atoms with van der Waals surface area (Å²) in [5.74, 6) is -0.406. The van der Waals surface area contributed by atoms with E-state index in [-0.39, 0.29) is 11.4 Å². The van der Waals surface area contributed by atoms with Gasteiger partial charge < -0.3 is 14.6 Å². The predicted molar refractivity (Wildman–Crippen MR) is 60.3 cm³/mol. The third-order valence-corrected chi connectivity index (χ3v) is 2.32. The van der Waals surface area contributed by atoms with Crippen molar-refractivity contribution in [2.75, 3.05) is 7.11 Å². The van der Waals surface area contributed by atoms with Crippen LogP contribution in [0.25, 0.3) is 0 Å². The molecular formula is C11H13NO5. The molecule has 6 nitrogen and oxygen atoms in total. The molecule has 0 heterocycles. The second kappa shape index (κ2) is 5.83. The Labute approximate surface area is 98.0 Å². The van der Waals surface area contributed by atoms with E-state index in [0.29, 0.717) is 24.8 Å². The van der Waals surface area contributed by atoms with Gasteiger partial charge in [-0.3, -0.25) is 10.1 Å². The van der Waals surface area contributed by atoms with Crippen molar-refractivity contribution < 1.29 is 19.6 Å². The number of phenolic OH excluding ortho intramolecular Hbond substituents is 1. The van der Waals surface area contributed by atoms with Crippen LogP contribution in [0.3, 0.4) is 0 Å². The lowest BCUT2D eigenvalue weighted by molar-refractivity contribution is -0.386. The molecule has 1 rings (SSSR count). The number of unbranched alkanes of at least 4 members (excludes halogenated alkanes) is 1. The van der Waals surface area contributed by atoms with E-state index in [9.17, 15) is 20.0 Å². The molecule has 0 bridgehead atoms. The lowest BCUT2D eigenvalue weighted by Crippen LogP contribution is -1.95. The summed E-state index contributed by atoms with van der Waals surface area (Å²) in [5.41, 5.74) is 0.277. The summed E-state index contributed by atoms with van der Waals surface area (Å²) in [4.78, 5) is 20.2. The molecule has 6 heteroatoms. The third kappa shape index (κ3) is 3.17. The van der Waals surface area contributed by atoms with E-state index in [0.717, 1.165) is 6.29 Å². The van der Waals surface area contributed by atoms with Crippen LogP contribution < -0.4 is 4.74 Å². The number of aromatic hydroxyl groups is 1. The molecule has 0 amide bonds. The van der Waals surface area contributed by atoms with Crippen molar-refractivity contribution in [1.29, 1.82) is 0 Å². The van der Waals surface area contributed by atoms with Crippen LogP contribution in [0.5, 0.6) is 11.5 Å². The zero-order chi connectivity index (χ0) is 12.8. The highest BCUT2D eigenvalue weighted by atomic mass is 16.6. The van der Waals surface area contributed by atoms with E-state index < -0.39 is 10.7 Å². The minimum absolute atomic E-state index is 0.0697. The zero-order valence-corrected chi connectivity index (χ0v) is 9.38. The number of carbonyl (C=O) groups is 1. The Morgan fingerprint density at radius 1 is 1.53 bits per heavy atom. The Balaban J connectivity index is 3.02. The Morgan fingerprint density at radius 3 is 2.76 bits per heavy atom. The summed E-state index contributed by atoms with van der Waals surface area (Å²) in [6.45, 7) is 0. The van der Waals surface area contributed by atoms with Gasteiger partial charge in [0.15, 0.2) is 5.75 Å². The molecule has 0 radical (unpaired) electrons. The molecule has 0 unspecified atom stereocenters. The highest BCUT2D eigenvalue weighted by Gasteiger charge is 2.19. The van der Waals surface area contributed by atoms with Gasteiger partial charge in [-0.1, -0.05) is 0 Å². The summed E-state index contributed by atoms with van der Waals surface area (Å²) in [7, 11) is 1.33. The predicted octanol–water partition coefficient (Wildman–Crippen LogP) is 1.83. The number of phenols is 1. The van der Waals surface area contributed by atoms with Gasteiger partial charge in [0.1, 0.15) is 6.29 Å². The molecular weight excluding hydrogens is 226 g/mol. The summed E-state index contributed by atoms with van der Waals surface area (Å²) < 4.78 is 4.86. The van der Waals surface area contributed by atoms with Crippen LogP contribution in [-0.4, -0.2) is 23.4 Å². The number of methoxy groups -OCH3 is 1. The molecule has 1 N–H and O–H groups in total. The number of rotatable bonds is 6. The molecule has 0 spiro atoms. The molecule has 0 aliphatic rings. The van der Waals surface area contributed by atoms with Crippen LogP contribution in [0.1, 0.15) is 18.4 Å². The fraction of sp³-hybridized carbons (Fsp3) is 0.364. The van der Waals surface area contributed by atoms with E-state index in [2.05, 4.69) is 0 Å². The zero-order valence-electron chi connectivity index (χ0n) is 9.38. The Hall–Kier alpha value is -2.11. The lowest BCUT2D eigenvalue weighted by atomic mass is 10.1. The third-order valence-electron chi connectivity index (χ3n) is 2.32. The van der Waals surface area contributed by atoms with Crippen molar-refractivity contribution >= 4 is 12.0 Å². The van der Waals surface area contributed by atoms with Crippen molar-refractivity contribution in [3.05, 3.63) is 27.8 Å². The summed E-state index contributed by atoms with van der Waals surface area (Å²) in [6.07, 6.45) is 2.33. The topological polar surface area (TPSA) is 89.7 Å². The first-order valence-electron chi connectivity index (χ1n) is 5.08. The van der Waals surface area contributed by atoms with Crippen LogP contribution in [0.2, 0.25) is 0 Å². The van der Waals surface area contributed by atoms with Gasteiger partial charge in [-0.05, 0) is 24.5 Å². The van der Waals surface area contributed by atoms with Crippen molar-refractivity contribution in [3.63, 3.8) is 0 Å². The standard InChI is InChI=1S/C11H13NO5/c1-17-10-7-8(4-2-3-5-13)6-9(11(10)14)12(15)16/h5-7,14H,2-4H2,1H3. The first-order chi connectivity index (χ1) is 8.10. The summed E-state index contributed by atoms with van der Waals surface area (Å²) in [5, 5.41) is 20.2. The highest BCUT2D eigenvalue weighted by molar-refractivity contribution is 5.57. The number of aryl methyl sites for hydroxylation is 1. The fourth-order valence-corrected chi connectivity index (χ4v) is 1.48. The average molecular weight is 239 g/mol. The van der Waals surface area contributed by atoms with Gasteiger partial charge in [0.25, 0.3) is 0 Å². The Bertz CT molecular complexity index is 430. The van der Waals surface area contributed by atoms with Crippen molar-refractivity contribution in [3.8, 4) is 11.5 Å². The number of ether oxygens (including phenoxy) is 1. The van der Waals surface area contributed by atoms with Gasteiger partial charge in [-0.2, -0.15) is 0 Å². The molecule has 0 aliphatic carbocycles. The van der Waals surface area contributed by atoms with Crippen LogP contribution in [-0.2, 0) is 11.2 Å². The van der Waals surface area contributed by atoms with Crippen LogP contribution in [0.4, 0.5) is 5.69 Å². The number of aldehydes is 1. The van der Waals surface area contributed by atoms with E-state index in [1.165, 1.54) is 19.2 Å². The molecule has 1 aromatic rings. The van der Waals surface area contributed by atoms with E-state index in [4.69, 9.17) is 4.74 Å². The van der Waals surface area contributed by atoms with Gasteiger partial charge in [0, 0.05) is 12.5 Å². The molecule has 92 valence electrons. The van der Waals surface area contributed by atoms with E-state index >= 15 is 0 Å². The van der Waals surface area contributed by atoms with Crippen LogP contribution in [0, 0.1) is 10.1 Å². The molecule has 0 saturated carbocycles. The van der Waals surface area contributed by atoms with Gasteiger partial charge in [0.05, 0.1) is 12.0 Å². The maximum atomic E-state index is 10.7. The van der Waals surface area contributed by atoms with Crippen molar-refractivity contribution in [2.24, 2.45) is 0 Å². The highest BCUT2D eigenvalue weighted by Crippen LogP contribution is 2.37. The molecule has 17 heavy (non-hydrogen) atoms. The SMILES string of the molecule is COc1cc(CCCC=O)cc([N+](=O)[O-])c1O. The molecule has 0 saturated heterocycles. The molecule has 0 aliphatic heterocycles. The monoisotopic (exact) mass is 239 g/mol. The maximum Gasteiger partial charge on any atom is 0.314 e. The number of nitro benzene ring substituents is 1. The molecule has 0 aromatic heterocycles. The summed E-state index contributed by atoms with van der Waals surface area (Å²) >= 11 is 0. The Kier molecular flexibility index (Phi) is 4.45. The minimum Gasteiger partial charge on any atom is -0.500 e. The second-order valence-corrected chi connectivity index (χ2v) is 3.48. The molecule has 1 aromatic carbocycles. The van der Waals surface area contributed by atoms with Crippen molar-refractivity contribution in [2.45, 2.75) is 19.3 Å². The van der Waals surface area contributed by atoms with Gasteiger partial charge in [-0.15, -0.1) is 0 Å². The largest absolute Gasteiger partial charge is 0.500 e. The van der Waals surface area contributed by atoms with Crippen LogP contribution in [0.15, 0.2) is 12.1 Å². The number of benzene rings is 1. The van der Waals surface area contributed by atoms with Gasteiger partial charge >= 0.3 is 5.69 Å². The number of nitrogens with zero attached hydrogens (tertiary/aromatic N) is 1. The number of carbonyl (C=O) groups excluding carboxylic acids is 1. The van der Waals surface area contributed by atoms with Gasteiger partial charge in [0.2, 0.25) is 5.75 Å². The molecule has 0 fully saturated rings. The average Bonchev–Trinajstić information content (AvgIpc) is 2.30. The maximum absolute atomic E-state index is 10.7. The van der Waals surface area contributed by atoms with E-state index in [1.54, 1.807) is 0 Å². The number of hydrogen-bond acceptors (Lipinski definition) is 5. The second-order valence-electron chi connectivity index (χ2n) is 3.48. The quantitative estimate of drug-likeness (QED) is 0.354. The fourth-order valence-electron chi connectivity index (χ4n) is 1.48. The smallest absolute Gasteiger partial charge is 0.314 e. The lowest BCUT2D eigenvalue weighted by Gasteiger charge is -2.07.